The summed E-state index contributed by atoms with van der Waals surface area (Å²) in [6, 6.07) is 0. The first-order chi connectivity index (χ1) is 9.86. The summed E-state index contributed by atoms with van der Waals surface area (Å²) in [6.45, 7) is 0. The van der Waals surface area contributed by atoms with E-state index in [4.69, 9.17) is 0 Å². The maximum absolute atomic E-state index is 12.2. The Hall–Kier alpha value is -0.330. The van der Waals surface area contributed by atoms with Gasteiger partial charge in [-0.15, -0.1) is 0 Å². The molecule has 1 nitrogen and oxygen atoms in total. The maximum atomic E-state index is 12.2. The summed E-state index contributed by atoms with van der Waals surface area (Å²) in [5.41, 5.74) is 0. The molecule has 3 fully saturated rings. The lowest BCUT2D eigenvalue weighted by Gasteiger charge is -2.27. The second-order valence-corrected chi connectivity index (χ2v) is 7.26. The van der Waals surface area contributed by atoms with E-state index in [2.05, 4.69) is 0 Å². The third kappa shape index (κ3) is 5.97. The first-order valence-electron chi connectivity index (χ1n) is 9.39. The Labute approximate surface area is 125 Å². The van der Waals surface area contributed by atoms with Crippen LogP contribution in [0.5, 0.6) is 0 Å². The molecule has 0 amide bonds. The highest BCUT2D eigenvalue weighted by Crippen LogP contribution is 2.33. The van der Waals surface area contributed by atoms with Gasteiger partial charge in [0.05, 0.1) is 0 Å². The molecule has 0 aliphatic heterocycles. The zero-order valence-electron chi connectivity index (χ0n) is 13.4. The average Bonchev–Trinajstić information content (AvgIpc) is 2.48. The molecule has 2 bridgehead atoms. The van der Waals surface area contributed by atoms with E-state index in [9.17, 15) is 4.79 Å². The summed E-state index contributed by atoms with van der Waals surface area (Å²) in [6.07, 6.45) is 21.2. The number of carbonyl (C=O) groups excluding carboxylic acids is 1. The van der Waals surface area contributed by atoms with E-state index in [0.717, 1.165) is 18.8 Å². The minimum atomic E-state index is 0.432. The highest BCUT2D eigenvalue weighted by molar-refractivity contribution is 5.81. The number of hydrogen-bond donors (Lipinski definition) is 0. The lowest BCUT2D eigenvalue weighted by Crippen LogP contribution is -2.21. The van der Waals surface area contributed by atoms with Gasteiger partial charge in [0.15, 0.2) is 0 Å². The molecular weight excluding hydrogens is 244 g/mol. The fourth-order valence-electron chi connectivity index (χ4n) is 4.12. The molecule has 116 valence electrons. The molecule has 0 N–H and O–H groups in total. The normalized spacial score (nSPS) is 31.9. The van der Waals surface area contributed by atoms with Crippen LogP contribution < -0.4 is 0 Å². The van der Waals surface area contributed by atoms with Crippen LogP contribution in [0.15, 0.2) is 0 Å². The molecule has 0 spiro atoms. The van der Waals surface area contributed by atoms with Crippen molar-refractivity contribution in [1.82, 2.24) is 0 Å². The van der Waals surface area contributed by atoms with E-state index in [1.165, 1.54) is 89.9 Å². The van der Waals surface area contributed by atoms with Gasteiger partial charge < -0.3 is 0 Å². The van der Waals surface area contributed by atoms with Crippen LogP contribution in [0.4, 0.5) is 0 Å². The summed E-state index contributed by atoms with van der Waals surface area (Å²) in [5, 5.41) is 0. The summed E-state index contributed by atoms with van der Waals surface area (Å²) in [4.78, 5) is 12.2. The Bertz CT molecular complexity index is 263. The minimum Gasteiger partial charge on any atom is -0.299 e. The minimum absolute atomic E-state index is 0.432. The Morgan fingerprint density at radius 2 is 1.05 bits per heavy atom. The zero-order chi connectivity index (χ0) is 14.0. The van der Waals surface area contributed by atoms with Gasteiger partial charge in [-0.25, -0.2) is 0 Å². The third-order valence-corrected chi connectivity index (χ3v) is 5.59. The molecular formula is C19H34O. The average molecular weight is 278 g/mol. The molecule has 0 aromatic rings. The van der Waals surface area contributed by atoms with Gasteiger partial charge in [-0.2, -0.15) is 0 Å². The number of carbonyl (C=O) groups is 1. The topological polar surface area (TPSA) is 17.1 Å². The second kappa shape index (κ2) is 9.58. The van der Waals surface area contributed by atoms with Crippen molar-refractivity contribution in [2.45, 2.75) is 103 Å². The first kappa shape index (κ1) is 16.0. The number of rotatable bonds is 0. The van der Waals surface area contributed by atoms with Crippen molar-refractivity contribution in [2.75, 3.05) is 0 Å². The van der Waals surface area contributed by atoms with Gasteiger partial charge in [0.2, 0.25) is 0 Å². The molecule has 0 aromatic carbocycles. The van der Waals surface area contributed by atoms with Crippen LogP contribution >= 0.6 is 0 Å². The van der Waals surface area contributed by atoms with Crippen molar-refractivity contribution < 1.29 is 4.79 Å². The summed E-state index contributed by atoms with van der Waals surface area (Å²) < 4.78 is 0. The fraction of sp³-hybridized carbons (Fsp3) is 0.947. The van der Waals surface area contributed by atoms with E-state index in [0.29, 0.717) is 11.7 Å². The predicted octanol–water partition coefficient (Wildman–Crippen LogP) is 6.06. The SMILES string of the molecule is O=C1CCCCCCCCCCCCC2CCC1CC2. The maximum Gasteiger partial charge on any atom is 0.135 e. The molecule has 3 rings (SSSR count). The smallest absolute Gasteiger partial charge is 0.135 e. The highest BCUT2D eigenvalue weighted by atomic mass is 16.1. The number of Topliss-reactive ketones (excluding diaryl/α,β-unsaturated/α-hetero) is 1. The second-order valence-electron chi connectivity index (χ2n) is 7.26. The van der Waals surface area contributed by atoms with Crippen LogP contribution in [0.2, 0.25) is 0 Å². The van der Waals surface area contributed by atoms with Crippen LogP contribution in [-0.4, -0.2) is 5.78 Å². The number of ketones is 1. The molecule has 0 saturated heterocycles. The van der Waals surface area contributed by atoms with Crippen LogP contribution in [0, 0.1) is 11.8 Å². The van der Waals surface area contributed by atoms with Gasteiger partial charge in [-0.1, -0.05) is 64.2 Å². The zero-order valence-corrected chi connectivity index (χ0v) is 13.4. The van der Waals surface area contributed by atoms with Gasteiger partial charge in [0, 0.05) is 12.3 Å². The van der Waals surface area contributed by atoms with Crippen molar-refractivity contribution in [1.29, 1.82) is 0 Å². The van der Waals surface area contributed by atoms with E-state index < -0.39 is 0 Å². The van der Waals surface area contributed by atoms with Crippen molar-refractivity contribution in [3.05, 3.63) is 0 Å². The van der Waals surface area contributed by atoms with Gasteiger partial charge in [-0.3, -0.25) is 4.79 Å². The Morgan fingerprint density at radius 1 is 0.550 bits per heavy atom. The molecule has 3 aliphatic rings. The summed E-state index contributed by atoms with van der Waals surface area (Å²) in [7, 11) is 0. The molecule has 0 radical (unpaired) electrons. The quantitative estimate of drug-likeness (QED) is 0.526. The predicted molar refractivity (Wildman–Crippen MR) is 85.9 cm³/mol. The van der Waals surface area contributed by atoms with Crippen molar-refractivity contribution in [3.8, 4) is 0 Å². The van der Waals surface area contributed by atoms with E-state index in [1.807, 2.05) is 0 Å². The molecule has 3 aliphatic carbocycles. The summed E-state index contributed by atoms with van der Waals surface area (Å²) >= 11 is 0. The van der Waals surface area contributed by atoms with Crippen LogP contribution in [0.3, 0.4) is 0 Å². The van der Waals surface area contributed by atoms with Gasteiger partial charge in [-0.05, 0) is 38.0 Å². The van der Waals surface area contributed by atoms with Gasteiger partial charge in [0.1, 0.15) is 5.78 Å². The standard InChI is InChI=1S/C19H34O/c20-19-12-10-8-6-4-2-1-3-5-7-9-11-17-13-15-18(19)16-14-17/h17-18H,1-16H2. The lowest BCUT2D eigenvalue weighted by atomic mass is 9.77. The highest BCUT2D eigenvalue weighted by Gasteiger charge is 2.25. The Morgan fingerprint density at radius 3 is 1.65 bits per heavy atom. The van der Waals surface area contributed by atoms with E-state index >= 15 is 0 Å². The molecule has 1 heteroatoms. The number of hydrogen-bond acceptors (Lipinski definition) is 1. The molecule has 0 atom stereocenters. The van der Waals surface area contributed by atoms with Crippen molar-refractivity contribution in [2.24, 2.45) is 11.8 Å². The monoisotopic (exact) mass is 278 g/mol. The van der Waals surface area contributed by atoms with Crippen molar-refractivity contribution in [3.63, 3.8) is 0 Å². The third-order valence-electron chi connectivity index (χ3n) is 5.59. The van der Waals surface area contributed by atoms with Crippen LogP contribution in [-0.2, 0) is 4.79 Å². The largest absolute Gasteiger partial charge is 0.299 e. The number of fused-ring (bicyclic) bond motifs is 14. The Kier molecular flexibility index (Phi) is 7.69. The molecule has 0 unspecified atom stereocenters. The van der Waals surface area contributed by atoms with Crippen molar-refractivity contribution >= 4 is 5.78 Å². The molecule has 20 heavy (non-hydrogen) atoms. The van der Waals surface area contributed by atoms with E-state index in [1.54, 1.807) is 0 Å². The van der Waals surface area contributed by atoms with E-state index in [-0.39, 0.29) is 0 Å². The first-order valence-corrected chi connectivity index (χ1v) is 9.39. The van der Waals surface area contributed by atoms with Crippen LogP contribution in [0.1, 0.15) is 103 Å². The van der Waals surface area contributed by atoms with Gasteiger partial charge >= 0.3 is 0 Å². The fourth-order valence-corrected chi connectivity index (χ4v) is 4.12. The van der Waals surface area contributed by atoms with Gasteiger partial charge in [0.25, 0.3) is 0 Å². The summed E-state index contributed by atoms with van der Waals surface area (Å²) in [5.74, 6) is 1.96. The molecule has 3 saturated carbocycles. The molecule has 0 heterocycles. The Balaban J connectivity index is 1.75. The van der Waals surface area contributed by atoms with Crippen LogP contribution in [0.25, 0.3) is 0 Å². The lowest BCUT2D eigenvalue weighted by molar-refractivity contribution is -0.124. The molecule has 0 aromatic heterocycles.